The Morgan fingerprint density at radius 2 is 2.00 bits per heavy atom. The van der Waals surface area contributed by atoms with E-state index in [0.717, 1.165) is 13.1 Å². The Morgan fingerprint density at radius 1 is 1.30 bits per heavy atom. The normalized spacial score (nSPS) is 18.8. The van der Waals surface area contributed by atoms with E-state index in [1.165, 1.54) is 4.90 Å². The maximum Gasteiger partial charge on any atom is 0.254 e. The van der Waals surface area contributed by atoms with Crippen LogP contribution in [0.25, 0.3) is 0 Å². The van der Waals surface area contributed by atoms with Crippen LogP contribution in [0.4, 0.5) is 0 Å². The molecule has 2 amide bonds. The molecule has 1 heterocycles. The van der Waals surface area contributed by atoms with Gasteiger partial charge in [0.25, 0.3) is 11.8 Å². The Bertz CT molecular complexity index is 514. The molecule has 1 aromatic carbocycles. The van der Waals surface area contributed by atoms with Gasteiger partial charge < -0.3 is 15.1 Å². The summed E-state index contributed by atoms with van der Waals surface area (Å²) >= 11 is 0. The molecule has 0 radical (unpaired) electrons. The molecule has 1 aliphatic heterocycles. The van der Waals surface area contributed by atoms with Gasteiger partial charge in [-0.05, 0) is 25.1 Å². The van der Waals surface area contributed by atoms with Gasteiger partial charge in [-0.3, -0.25) is 9.59 Å². The molecule has 1 N–H and O–H groups in total. The van der Waals surface area contributed by atoms with Gasteiger partial charge in [-0.2, -0.15) is 0 Å². The highest BCUT2D eigenvalue weighted by Gasteiger charge is 2.24. The summed E-state index contributed by atoms with van der Waals surface area (Å²) in [5, 5.41) is 3.26. The number of benzene rings is 1. The van der Waals surface area contributed by atoms with Crippen molar-refractivity contribution in [3.8, 4) is 0 Å². The summed E-state index contributed by atoms with van der Waals surface area (Å²) in [6.07, 6.45) is 0. The zero-order chi connectivity index (χ0) is 14.7. The third kappa shape index (κ3) is 2.99. The van der Waals surface area contributed by atoms with Crippen LogP contribution >= 0.6 is 0 Å². The summed E-state index contributed by atoms with van der Waals surface area (Å²) in [4.78, 5) is 27.8. The lowest BCUT2D eigenvalue weighted by Gasteiger charge is -2.34. The van der Waals surface area contributed by atoms with Gasteiger partial charge in [0.05, 0.1) is 0 Å². The number of nitrogens with zero attached hydrogens (tertiary/aromatic N) is 2. The number of hydrogen-bond acceptors (Lipinski definition) is 3. The quantitative estimate of drug-likeness (QED) is 0.869. The van der Waals surface area contributed by atoms with Crippen molar-refractivity contribution in [2.45, 2.75) is 13.0 Å². The predicted molar refractivity (Wildman–Crippen MR) is 77.8 cm³/mol. The third-order valence-corrected chi connectivity index (χ3v) is 3.52. The molecule has 0 aliphatic carbocycles. The number of carbonyl (C=O) groups excluding carboxylic acids is 2. The first-order chi connectivity index (χ1) is 9.50. The van der Waals surface area contributed by atoms with Crippen LogP contribution in [0.1, 0.15) is 27.6 Å². The molecule has 0 spiro atoms. The molecule has 2 rings (SSSR count). The molecule has 1 atom stereocenters. The minimum Gasteiger partial charge on any atom is -0.345 e. The summed E-state index contributed by atoms with van der Waals surface area (Å²) in [5.74, 6) is -0.0968. The van der Waals surface area contributed by atoms with Crippen molar-refractivity contribution < 1.29 is 9.59 Å². The lowest BCUT2D eigenvalue weighted by atomic mass is 10.1. The van der Waals surface area contributed by atoms with Crippen molar-refractivity contribution in [3.05, 3.63) is 35.4 Å². The summed E-state index contributed by atoms with van der Waals surface area (Å²) in [6.45, 7) is 4.35. The molecule has 1 saturated heterocycles. The molecule has 108 valence electrons. The van der Waals surface area contributed by atoms with Gasteiger partial charge in [0, 0.05) is 50.9 Å². The summed E-state index contributed by atoms with van der Waals surface area (Å²) < 4.78 is 0. The third-order valence-electron chi connectivity index (χ3n) is 3.52. The number of carbonyl (C=O) groups is 2. The minimum absolute atomic E-state index is 0.00703. The number of nitrogens with one attached hydrogen (secondary N) is 1. The zero-order valence-electron chi connectivity index (χ0n) is 12.2. The fourth-order valence-corrected chi connectivity index (χ4v) is 2.35. The Labute approximate surface area is 119 Å². The lowest BCUT2D eigenvalue weighted by Crippen LogP contribution is -2.52. The monoisotopic (exact) mass is 275 g/mol. The summed E-state index contributed by atoms with van der Waals surface area (Å²) in [7, 11) is 3.41. The highest BCUT2D eigenvalue weighted by molar-refractivity contribution is 5.99. The molecular weight excluding hydrogens is 254 g/mol. The van der Waals surface area contributed by atoms with E-state index in [-0.39, 0.29) is 17.9 Å². The molecule has 1 aliphatic rings. The fourth-order valence-electron chi connectivity index (χ4n) is 2.35. The van der Waals surface area contributed by atoms with E-state index in [2.05, 4.69) is 5.32 Å². The number of amides is 2. The molecule has 0 aromatic heterocycles. The second kappa shape index (κ2) is 6.05. The van der Waals surface area contributed by atoms with E-state index < -0.39 is 0 Å². The maximum absolute atomic E-state index is 12.5. The van der Waals surface area contributed by atoms with Crippen LogP contribution in [-0.4, -0.2) is 61.4 Å². The van der Waals surface area contributed by atoms with Crippen molar-refractivity contribution in [1.82, 2.24) is 15.1 Å². The molecule has 20 heavy (non-hydrogen) atoms. The largest absolute Gasteiger partial charge is 0.345 e. The molecule has 1 unspecified atom stereocenters. The Morgan fingerprint density at radius 3 is 2.65 bits per heavy atom. The van der Waals surface area contributed by atoms with E-state index in [0.29, 0.717) is 17.7 Å². The van der Waals surface area contributed by atoms with Gasteiger partial charge in [-0.15, -0.1) is 0 Å². The van der Waals surface area contributed by atoms with Crippen LogP contribution in [0.15, 0.2) is 24.3 Å². The van der Waals surface area contributed by atoms with Crippen LogP contribution in [0.5, 0.6) is 0 Å². The van der Waals surface area contributed by atoms with Crippen molar-refractivity contribution in [3.63, 3.8) is 0 Å². The topological polar surface area (TPSA) is 52.7 Å². The first kappa shape index (κ1) is 14.5. The van der Waals surface area contributed by atoms with E-state index in [1.807, 2.05) is 11.8 Å². The zero-order valence-corrected chi connectivity index (χ0v) is 12.2. The number of piperazine rings is 1. The van der Waals surface area contributed by atoms with E-state index in [1.54, 1.807) is 38.4 Å². The molecule has 5 nitrogen and oxygen atoms in total. The number of rotatable bonds is 2. The number of hydrogen-bond donors (Lipinski definition) is 1. The Balaban J connectivity index is 2.22. The maximum atomic E-state index is 12.5. The van der Waals surface area contributed by atoms with Gasteiger partial charge in [0.1, 0.15) is 0 Å². The van der Waals surface area contributed by atoms with Gasteiger partial charge in [0.15, 0.2) is 0 Å². The summed E-state index contributed by atoms with van der Waals surface area (Å²) in [5.41, 5.74) is 1.12. The molecular formula is C15H21N3O2. The van der Waals surface area contributed by atoms with E-state index in [4.69, 9.17) is 0 Å². The average Bonchev–Trinajstić information content (AvgIpc) is 2.46. The smallest absolute Gasteiger partial charge is 0.254 e. The second-order valence-corrected chi connectivity index (χ2v) is 5.33. The molecule has 1 aromatic rings. The van der Waals surface area contributed by atoms with Crippen LogP contribution in [0, 0.1) is 0 Å². The van der Waals surface area contributed by atoms with Crippen LogP contribution in [-0.2, 0) is 0 Å². The van der Waals surface area contributed by atoms with Crippen molar-refractivity contribution >= 4 is 11.8 Å². The lowest BCUT2D eigenvalue weighted by molar-refractivity contribution is 0.0655. The first-order valence-electron chi connectivity index (χ1n) is 6.84. The summed E-state index contributed by atoms with van der Waals surface area (Å²) in [6, 6.07) is 7.12. The van der Waals surface area contributed by atoms with Gasteiger partial charge >= 0.3 is 0 Å². The Hall–Kier alpha value is -1.88. The van der Waals surface area contributed by atoms with Crippen molar-refractivity contribution in [2.75, 3.05) is 33.7 Å². The van der Waals surface area contributed by atoms with Gasteiger partial charge in [0.2, 0.25) is 0 Å². The van der Waals surface area contributed by atoms with Crippen LogP contribution in [0.2, 0.25) is 0 Å². The minimum atomic E-state index is -0.0898. The molecule has 0 saturated carbocycles. The second-order valence-electron chi connectivity index (χ2n) is 5.33. The van der Waals surface area contributed by atoms with E-state index in [9.17, 15) is 9.59 Å². The fraction of sp³-hybridized carbons (Fsp3) is 0.467. The van der Waals surface area contributed by atoms with Crippen molar-refractivity contribution in [2.24, 2.45) is 0 Å². The highest BCUT2D eigenvalue weighted by atomic mass is 16.2. The Kier molecular flexibility index (Phi) is 4.39. The van der Waals surface area contributed by atoms with Crippen molar-refractivity contribution in [1.29, 1.82) is 0 Å². The molecule has 0 bridgehead atoms. The van der Waals surface area contributed by atoms with Gasteiger partial charge in [-0.1, -0.05) is 6.07 Å². The SMILES string of the molecule is CC1CNCCN1C(=O)c1cccc(C(=O)N(C)C)c1. The standard InChI is InChI=1S/C15H21N3O2/c1-11-10-16-7-8-18(11)15(20)13-6-4-5-12(9-13)14(19)17(2)3/h4-6,9,11,16H,7-8,10H2,1-3H3. The van der Waals surface area contributed by atoms with E-state index >= 15 is 0 Å². The predicted octanol–water partition coefficient (Wildman–Crippen LogP) is 0.822. The highest BCUT2D eigenvalue weighted by Crippen LogP contribution is 2.13. The molecule has 1 fully saturated rings. The average molecular weight is 275 g/mol. The van der Waals surface area contributed by atoms with Crippen LogP contribution in [0.3, 0.4) is 0 Å². The van der Waals surface area contributed by atoms with Gasteiger partial charge in [-0.25, -0.2) is 0 Å². The van der Waals surface area contributed by atoms with Crippen LogP contribution < -0.4 is 5.32 Å². The molecule has 5 heteroatoms. The first-order valence-corrected chi connectivity index (χ1v) is 6.84.